The summed E-state index contributed by atoms with van der Waals surface area (Å²) in [6.07, 6.45) is 1.62. The summed E-state index contributed by atoms with van der Waals surface area (Å²) in [6, 6.07) is 8.01. The van der Waals surface area contributed by atoms with Gasteiger partial charge in [-0.25, -0.2) is 0 Å². The first-order valence-electron chi connectivity index (χ1n) is 9.12. The van der Waals surface area contributed by atoms with Crippen LogP contribution in [0.5, 0.6) is 5.75 Å². The average Bonchev–Trinajstić information content (AvgIpc) is 3.27. The van der Waals surface area contributed by atoms with E-state index in [-0.39, 0.29) is 5.91 Å². The molecule has 2 heterocycles. The van der Waals surface area contributed by atoms with Crippen molar-refractivity contribution >= 4 is 28.8 Å². The highest BCUT2D eigenvalue weighted by molar-refractivity contribution is 7.12. The number of benzene rings is 1. The van der Waals surface area contributed by atoms with E-state index in [2.05, 4.69) is 18.1 Å². The zero-order chi connectivity index (χ0) is 20.3. The molecule has 1 amide bonds. The van der Waals surface area contributed by atoms with Crippen LogP contribution in [0, 0.1) is 13.8 Å². The van der Waals surface area contributed by atoms with Crippen molar-refractivity contribution < 1.29 is 9.53 Å². The number of thiophene rings is 1. The molecular weight excluding hydrogens is 394 g/mol. The molecule has 0 radical (unpaired) electrons. The minimum absolute atomic E-state index is 0.0392. The van der Waals surface area contributed by atoms with Crippen molar-refractivity contribution in [1.82, 2.24) is 14.7 Å². The van der Waals surface area contributed by atoms with Crippen LogP contribution >= 0.6 is 22.9 Å². The number of amides is 1. The third-order valence-corrected chi connectivity index (χ3v) is 5.80. The summed E-state index contributed by atoms with van der Waals surface area (Å²) in [5.41, 5.74) is 4.14. The van der Waals surface area contributed by atoms with E-state index in [4.69, 9.17) is 16.3 Å². The molecular formula is C21H24ClN3O2S. The second-order valence-corrected chi connectivity index (χ2v) is 8.11. The minimum atomic E-state index is -0.0392. The van der Waals surface area contributed by atoms with E-state index < -0.39 is 0 Å². The van der Waals surface area contributed by atoms with Gasteiger partial charge >= 0.3 is 0 Å². The third-order valence-electron chi connectivity index (χ3n) is 4.52. The Hall–Kier alpha value is -2.31. The van der Waals surface area contributed by atoms with E-state index in [9.17, 15) is 4.79 Å². The molecule has 148 valence electrons. The molecule has 5 nitrogen and oxygen atoms in total. The molecule has 0 bridgehead atoms. The van der Waals surface area contributed by atoms with E-state index in [1.807, 2.05) is 42.1 Å². The van der Waals surface area contributed by atoms with Crippen molar-refractivity contribution in [3.05, 3.63) is 68.1 Å². The Morgan fingerprint density at radius 2 is 2.11 bits per heavy atom. The van der Waals surface area contributed by atoms with Crippen LogP contribution in [-0.4, -0.2) is 27.6 Å². The van der Waals surface area contributed by atoms with Gasteiger partial charge in [-0.3, -0.25) is 9.48 Å². The Balaban J connectivity index is 1.64. The Morgan fingerprint density at radius 1 is 1.32 bits per heavy atom. The summed E-state index contributed by atoms with van der Waals surface area (Å²) in [7, 11) is 1.78. The maximum Gasteiger partial charge on any atom is 0.264 e. The molecule has 0 N–H and O–H groups in total. The smallest absolute Gasteiger partial charge is 0.264 e. The molecule has 3 rings (SSSR count). The first kappa shape index (κ1) is 20.4. The highest BCUT2D eigenvalue weighted by Gasteiger charge is 2.18. The summed E-state index contributed by atoms with van der Waals surface area (Å²) in [5, 5.41) is 6.77. The Labute approximate surface area is 174 Å². The van der Waals surface area contributed by atoms with Crippen LogP contribution in [0.2, 0.25) is 5.02 Å². The van der Waals surface area contributed by atoms with Crippen molar-refractivity contribution in [3.8, 4) is 5.75 Å². The topological polar surface area (TPSA) is 47.4 Å². The number of halogens is 1. The Kier molecular flexibility index (Phi) is 6.42. The fourth-order valence-corrected chi connectivity index (χ4v) is 4.08. The predicted octanol–water partition coefficient (Wildman–Crippen LogP) is 5.09. The molecule has 2 aromatic heterocycles. The lowest BCUT2D eigenvalue weighted by Crippen LogP contribution is -2.27. The van der Waals surface area contributed by atoms with Crippen molar-refractivity contribution in [2.45, 2.75) is 40.5 Å². The van der Waals surface area contributed by atoms with Crippen LogP contribution in [0.4, 0.5) is 0 Å². The lowest BCUT2D eigenvalue weighted by Gasteiger charge is -2.17. The third kappa shape index (κ3) is 4.56. The van der Waals surface area contributed by atoms with Gasteiger partial charge in [-0.15, -0.1) is 11.3 Å². The minimum Gasteiger partial charge on any atom is -0.489 e. The number of carbonyl (C=O) groups excluding carboxylic acids is 1. The lowest BCUT2D eigenvalue weighted by molar-refractivity contribution is 0.0786. The summed E-state index contributed by atoms with van der Waals surface area (Å²) < 4.78 is 7.72. The summed E-state index contributed by atoms with van der Waals surface area (Å²) in [5.74, 6) is 0.826. The monoisotopic (exact) mass is 417 g/mol. The van der Waals surface area contributed by atoms with Gasteiger partial charge in [0.05, 0.1) is 28.3 Å². The predicted molar refractivity (Wildman–Crippen MR) is 113 cm³/mol. The number of hydrogen-bond donors (Lipinski definition) is 0. The normalized spacial score (nSPS) is 10.9. The number of rotatable bonds is 7. The SMILES string of the molecule is CCn1ncc(Cl)c1CN(C)C(=O)c1cc(COc2ccc(C)cc2C)cs1. The van der Waals surface area contributed by atoms with Crippen LogP contribution in [0.3, 0.4) is 0 Å². The van der Waals surface area contributed by atoms with Crippen LogP contribution in [-0.2, 0) is 19.7 Å². The molecule has 28 heavy (non-hydrogen) atoms. The first-order valence-corrected chi connectivity index (χ1v) is 10.4. The average molecular weight is 418 g/mol. The molecule has 3 aromatic rings. The molecule has 0 atom stereocenters. The van der Waals surface area contributed by atoms with Gasteiger partial charge in [0.15, 0.2) is 0 Å². The summed E-state index contributed by atoms with van der Waals surface area (Å²) in [4.78, 5) is 15.1. The molecule has 0 aliphatic heterocycles. The van der Waals surface area contributed by atoms with Crippen molar-refractivity contribution in [1.29, 1.82) is 0 Å². The molecule has 0 saturated heterocycles. The van der Waals surface area contributed by atoms with Crippen LogP contribution in [0.15, 0.2) is 35.8 Å². The standard InChI is InChI=1S/C21H24ClN3O2S/c1-5-25-18(17(22)10-23-25)11-24(4)21(26)20-9-16(13-28-20)12-27-19-7-6-14(2)8-15(19)3/h6-10,13H,5,11-12H2,1-4H3. The molecule has 0 fully saturated rings. The van der Waals surface area contributed by atoms with Crippen LogP contribution in [0.25, 0.3) is 0 Å². The zero-order valence-electron chi connectivity index (χ0n) is 16.5. The number of aromatic nitrogens is 2. The second-order valence-electron chi connectivity index (χ2n) is 6.79. The molecule has 0 unspecified atom stereocenters. The highest BCUT2D eigenvalue weighted by atomic mass is 35.5. The Bertz CT molecular complexity index is 980. The van der Waals surface area contributed by atoms with E-state index in [1.165, 1.54) is 16.9 Å². The fraction of sp³-hybridized carbons (Fsp3) is 0.333. The number of carbonyl (C=O) groups is 1. The second kappa shape index (κ2) is 8.80. The van der Waals surface area contributed by atoms with Crippen molar-refractivity contribution in [2.24, 2.45) is 0 Å². The largest absolute Gasteiger partial charge is 0.489 e. The number of aryl methyl sites for hydroxylation is 3. The van der Waals surface area contributed by atoms with Gasteiger partial charge in [-0.05, 0) is 43.8 Å². The zero-order valence-corrected chi connectivity index (χ0v) is 18.1. The summed E-state index contributed by atoms with van der Waals surface area (Å²) in [6.45, 7) is 7.65. The van der Waals surface area contributed by atoms with Gasteiger partial charge in [-0.2, -0.15) is 5.10 Å². The molecule has 0 aliphatic rings. The van der Waals surface area contributed by atoms with E-state index in [0.717, 1.165) is 22.6 Å². The molecule has 7 heteroatoms. The van der Waals surface area contributed by atoms with Gasteiger partial charge in [0.1, 0.15) is 12.4 Å². The molecule has 1 aromatic carbocycles. The first-order chi connectivity index (χ1) is 13.4. The lowest BCUT2D eigenvalue weighted by atomic mass is 10.1. The number of hydrogen-bond acceptors (Lipinski definition) is 4. The van der Waals surface area contributed by atoms with Crippen LogP contribution < -0.4 is 4.74 Å². The Morgan fingerprint density at radius 3 is 2.82 bits per heavy atom. The summed E-state index contributed by atoms with van der Waals surface area (Å²) >= 11 is 7.64. The van der Waals surface area contributed by atoms with E-state index in [1.54, 1.807) is 18.1 Å². The van der Waals surface area contributed by atoms with Gasteiger partial charge < -0.3 is 9.64 Å². The van der Waals surface area contributed by atoms with Crippen molar-refractivity contribution in [3.63, 3.8) is 0 Å². The quantitative estimate of drug-likeness (QED) is 0.538. The van der Waals surface area contributed by atoms with Crippen molar-refractivity contribution in [2.75, 3.05) is 7.05 Å². The van der Waals surface area contributed by atoms with Gasteiger partial charge in [0, 0.05) is 19.2 Å². The number of nitrogens with zero attached hydrogens (tertiary/aromatic N) is 3. The molecule has 0 aliphatic carbocycles. The molecule has 0 spiro atoms. The van der Waals surface area contributed by atoms with Gasteiger partial charge in [0.2, 0.25) is 0 Å². The highest BCUT2D eigenvalue weighted by Crippen LogP contribution is 2.23. The van der Waals surface area contributed by atoms with Gasteiger partial charge in [0.25, 0.3) is 5.91 Å². The molecule has 0 saturated carbocycles. The van der Waals surface area contributed by atoms with E-state index in [0.29, 0.717) is 29.6 Å². The van der Waals surface area contributed by atoms with E-state index >= 15 is 0 Å². The maximum absolute atomic E-state index is 12.8. The number of ether oxygens (including phenoxy) is 1. The maximum atomic E-state index is 12.8. The fourth-order valence-electron chi connectivity index (χ4n) is 2.99. The van der Waals surface area contributed by atoms with Crippen LogP contribution in [0.1, 0.15) is 39.0 Å². The van der Waals surface area contributed by atoms with Gasteiger partial charge in [-0.1, -0.05) is 29.3 Å².